The third-order valence-corrected chi connectivity index (χ3v) is 5.01. The predicted molar refractivity (Wildman–Crippen MR) is 83.8 cm³/mol. The van der Waals surface area contributed by atoms with E-state index in [1.54, 1.807) is 11.3 Å². The van der Waals surface area contributed by atoms with Crippen LogP contribution in [0.1, 0.15) is 57.7 Å². The molecule has 2 heterocycles. The summed E-state index contributed by atoms with van der Waals surface area (Å²) >= 11 is 1.72. The number of hydrogen-bond acceptors (Lipinski definition) is 5. The van der Waals surface area contributed by atoms with Crippen LogP contribution in [0.2, 0.25) is 0 Å². The quantitative estimate of drug-likeness (QED) is 0.663. The molecule has 5 heteroatoms. The summed E-state index contributed by atoms with van der Waals surface area (Å²) in [6.07, 6.45) is 4.24. The van der Waals surface area contributed by atoms with E-state index in [4.69, 9.17) is 15.6 Å². The van der Waals surface area contributed by atoms with Gasteiger partial charge in [0.2, 0.25) is 0 Å². The second-order valence-corrected chi connectivity index (χ2v) is 7.86. The Bertz CT molecular complexity index is 433. The zero-order valence-corrected chi connectivity index (χ0v) is 13.8. The molecule has 0 bridgehead atoms. The van der Waals surface area contributed by atoms with Crippen LogP contribution in [-0.4, -0.2) is 23.2 Å². The van der Waals surface area contributed by atoms with Gasteiger partial charge in [0.25, 0.3) is 0 Å². The minimum absolute atomic E-state index is 0.103. The Balaban J connectivity index is 2.08. The normalized spacial score (nSPS) is 25.6. The molecule has 1 aliphatic heterocycles. The molecule has 1 fully saturated rings. The number of nitrogens with one attached hydrogen (secondary N) is 1. The van der Waals surface area contributed by atoms with E-state index in [9.17, 15) is 0 Å². The van der Waals surface area contributed by atoms with Crippen LogP contribution in [0.5, 0.6) is 0 Å². The molecule has 0 amide bonds. The van der Waals surface area contributed by atoms with Gasteiger partial charge in [0.15, 0.2) is 0 Å². The zero-order chi connectivity index (χ0) is 14.8. The molecule has 20 heavy (non-hydrogen) atoms. The lowest BCUT2D eigenvalue weighted by Gasteiger charge is -2.40. The van der Waals surface area contributed by atoms with Crippen molar-refractivity contribution < 1.29 is 4.74 Å². The van der Waals surface area contributed by atoms with Crippen molar-refractivity contribution in [2.24, 2.45) is 5.84 Å². The zero-order valence-electron chi connectivity index (χ0n) is 13.0. The fourth-order valence-electron chi connectivity index (χ4n) is 2.61. The first-order valence-electron chi connectivity index (χ1n) is 7.40. The van der Waals surface area contributed by atoms with Crippen molar-refractivity contribution in [3.8, 4) is 0 Å². The lowest BCUT2D eigenvalue weighted by molar-refractivity contribution is -0.0884. The molecule has 2 rings (SSSR count). The van der Waals surface area contributed by atoms with Gasteiger partial charge in [-0.1, -0.05) is 20.8 Å². The Morgan fingerprint density at radius 2 is 2.25 bits per heavy atom. The minimum atomic E-state index is -0.180. The van der Waals surface area contributed by atoms with Crippen molar-refractivity contribution in [2.45, 2.75) is 70.4 Å². The molecule has 0 aromatic carbocycles. The van der Waals surface area contributed by atoms with E-state index in [0.717, 1.165) is 36.6 Å². The predicted octanol–water partition coefficient (Wildman–Crippen LogP) is 2.77. The number of hydrazine groups is 1. The topological polar surface area (TPSA) is 60.2 Å². The molecule has 1 saturated heterocycles. The molecule has 1 aromatic heterocycles. The van der Waals surface area contributed by atoms with E-state index >= 15 is 0 Å². The van der Waals surface area contributed by atoms with Gasteiger partial charge in [0.05, 0.1) is 22.3 Å². The van der Waals surface area contributed by atoms with Crippen LogP contribution in [0, 0.1) is 0 Å². The van der Waals surface area contributed by atoms with Gasteiger partial charge in [-0.3, -0.25) is 11.3 Å². The molecule has 2 atom stereocenters. The third-order valence-electron chi connectivity index (χ3n) is 4.14. The highest BCUT2D eigenvalue weighted by molar-refractivity contribution is 7.09. The first-order chi connectivity index (χ1) is 9.35. The van der Waals surface area contributed by atoms with Gasteiger partial charge in [-0.25, -0.2) is 4.98 Å². The van der Waals surface area contributed by atoms with Crippen LogP contribution in [0.15, 0.2) is 5.38 Å². The van der Waals surface area contributed by atoms with Crippen LogP contribution in [0.25, 0.3) is 0 Å². The lowest BCUT2D eigenvalue weighted by Crippen LogP contribution is -2.55. The number of hydrogen-bond donors (Lipinski definition) is 2. The summed E-state index contributed by atoms with van der Waals surface area (Å²) in [5, 5.41) is 3.29. The summed E-state index contributed by atoms with van der Waals surface area (Å²) in [4.78, 5) is 4.76. The number of nitrogens with zero attached hydrogens (tertiary/aromatic N) is 1. The van der Waals surface area contributed by atoms with Crippen LogP contribution in [0.4, 0.5) is 0 Å². The fraction of sp³-hybridized carbons (Fsp3) is 0.800. The summed E-state index contributed by atoms with van der Waals surface area (Å²) in [5.74, 6) is 5.78. The van der Waals surface area contributed by atoms with E-state index in [0.29, 0.717) is 0 Å². The largest absolute Gasteiger partial charge is 0.374 e. The Hall–Kier alpha value is -0.490. The molecular weight excluding hydrogens is 270 g/mol. The number of aromatic nitrogens is 1. The maximum absolute atomic E-state index is 6.00. The Morgan fingerprint density at radius 3 is 2.75 bits per heavy atom. The average molecular weight is 297 g/mol. The third kappa shape index (κ3) is 3.58. The van der Waals surface area contributed by atoms with Crippen molar-refractivity contribution in [3.05, 3.63) is 16.1 Å². The fourth-order valence-corrected chi connectivity index (χ4v) is 3.67. The Labute approximate surface area is 126 Å². The Morgan fingerprint density at radius 1 is 1.50 bits per heavy atom. The highest BCUT2D eigenvalue weighted by Crippen LogP contribution is 2.31. The molecule has 0 aliphatic carbocycles. The van der Waals surface area contributed by atoms with E-state index < -0.39 is 0 Å². The van der Waals surface area contributed by atoms with Gasteiger partial charge in [-0.15, -0.1) is 11.3 Å². The second kappa shape index (κ2) is 6.10. The van der Waals surface area contributed by atoms with Crippen LogP contribution in [-0.2, 0) is 16.6 Å². The number of rotatable bonds is 4. The maximum Gasteiger partial charge on any atom is 0.0945 e. The highest BCUT2D eigenvalue weighted by atomic mass is 32.1. The Kier molecular flexibility index (Phi) is 4.84. The molecule has 0 saturated carbocycles. The minimum Gasteiger partial charge on any atom is -0.374 e. The SMILES string of the molecule is CC(C)(C)c1csc(CC(NN)C2(C)CCCCO2)n1. The number of nitrogens with two attached hydrogens (primary N) is 1. The molecular formula is C15H27N3OS. The molecule has 2 unspecified atom stereocenters. The molecule has 0 spiro atoms. The van der Waals surface area contributed by atoms with E-state index in [1.807, 2.05) is 0 Å². The molecule has 1 aromatic rings. The van der Waals surface area contributed by atoms with Crippen molar-refractivity contribution in [2.75, 3.05) is 6.61 Å². The van der Waals surface area contributed by atoms with E-state index in [2.05, 4.69) is 38.5 Å². The smallest absolute Gasteiger partial charge is 0.0945 e. The summed E-state index contributed by atoms with van der Waals surface area (Å²) < 4.78 is 6.00. The number of ether oxygens (including phenoxy) is 1. The standard InChI is InChI=1S/C15H27N3OS/c1-14(2,3)12-10-20-13(17-12)9-11(18-16)15(4)7-5-6-8-19-15/h10-11,18H,5-9,16H2,1-4H3. The van der Waals surface area contributed by atoms with Gasteiger partial charge in [0.1, 0.15) is 0 Å². The second-order valence-electron chi connectivity index (χ2n) is 6.92. The molecule has 1 aliphatic rings. The van der Waals surface area contributed by atoms with E-state index in [-0.39, 0.29) is 17.1 Å². The lowest BCUT2D eigenvalue weighted by atomic mass is 9.87. The monoisotopic (exact) mass is 297 g/mol. The first kappa shape index (κ1) is 15.9. The van der Waals surface area contributed by atoms with Crippen molar-refractivity contribution in [3.63, 3.8) is 0 Å². The maximum atomic E-state index is 6.00. The molecule has 114 valence electrons. The summed E-state index contributed by atoms with van der Waals surface area (Å²) in [6.45, 7) is 9.57. The summed E-state index contributed by atoms with van der Waals surface area (Å²) in [7, 11) is 0. The molecule has 4 nitrogen and oxygen atoms in total. The van der Waals surface area contributed by atoms with Crippen molar-refractivity contribution in [1.82, 2.24) is 10.4 Å². The van der Waals surface area contributed by atoms with E-state index in [1.165, 1.54) is 6.42 Å². The number of thiazole rings is 1. The van der Waals surface area contributed by atoms with Crippen LogP contribution < -0.4 is 11.3 Å². The van der Waals surface area contributed by atoms with Gasteiger partial charge in [-0.05, 0) is 26.2 Å². The van der Waals surface area contributed by atoms with Crippen LogP contribution >= 0.6 is 11.3 Å². The van der Waals surface area contributed by atoms with Crippen molar-refractivity contribution >= 4 is 11.3 Å². The van der Waals surface area contributed by atoms with Gasteiger partial charge >= 0.3 is 0 Å². The first-order valence-corrected chi connectivity index (χ1v) is 8.28. The highest BCUT2D eigenvalue weighted by Gasteiger charge is 2.37. The van der Waals surface area contributed by atoms with Crippen molar-refractivity contribution in [1.29, 1.82) is 0 Å². The average Bonchev–Trinajstić information content (AvgIpc) is 2.85. The molecule has 3 N–H and O–H groups in total. The van der Waals surface area contributed by atoms with Gasteiger partial charge < -0.3 is 4.74 Å². The summed E-state index contributed by atoms with van der Waals surface area (Å²) in [6, 6.07) is 0.113. The van der Waals surface area contributed by atoms with Gasteiger partial charge in [-0.2, -0.15) is 0 Å². The summed E-state index contributed by atoms with van der Waals surface area (Å²) in [5.41, 5.74) is 4.03. The molecule has 0 radical (unpaired) electrons. The van der Waals surface area contributed by atoms with Gasteiger partial charge in [0, 0.05) is 23.8 Å². The van der Waals surface area contributed by atoms with Crippen LogP contribution in [0.3, 0.4) is 0 Å².